The van der Waals surface area contributed by atoms with Crippen molar-refractivity contribution in [1.29, 1.82) is 0 Å². The van der Waals surface area contributed by atoms with Crippen molar-refractivity contribution in [1.82, 2.24) is 8.61 Å². The maximum Gasteiger partial charge on any atom is 0.245 e. The average molecular weight is 663 g/mol. The molecule has 2 aliphatic rings. The fourth-order valence-electron chi connectivity index (χ4n) is 6.44. The normalized spacial score (nSPS) is 21.4. The molecule has 4 aromatic carbocycles. The average Bonchev–Trinajstić information content (AvgIpc) is 3.05. The Hall–Kier alpha value is -3.47. The SMILES string of the molecule is CCOC1=C2CN(S(=O)(=O)c3ccccc3Cl)[C@H](c3ccccc3)C[C@@H]2N(S(=O)(=O)c2ccc(C)cc2)[C@H](c2ccccc2)C1. The summed E-state index contributed by atoms with van der Waals surface area (Å²) in [5, 5.41) is 0.127. The van der Waals surface area contributed by atoms with E-state index in [2.05, 4.69) is 0 Å². The summed E-state index contributed by atoms with van der Waals surface area (Å²) >= 11 is 6.46. The van der Waals surface area contributed by atoms with Crippen molar-refractivity contribution in [2.24, 2.45) is 0 Å². The van der Waals surface area contributed by atoms with E-state index >= 15 is 0 Å². The summed E-state index contributed by atoms with van der Waals surface area (Å²) in [6.45, 7) is 4.11. The third-order valence-electron chi connectivity index (χ3n) is 8.58. The highest BCUT2D eigenvalue weighted by molar-refractivity contribution is 7.89. The molecule has 2 aliphatic heterocycles. The Labute approximate surface area is 270 Å². The van der Waals surface area contributed by atoms with Crippen molar-refractivity contribution in [3.63, 3.8) is 0 Å². The fourth-order valence-corrected chi connectivity index (χ4v) is 10.3. The first-order valence-corrected chi connectivity index (χ1v) is 18.2. The minimum atomic E-state index is -4.11. The summed E-state index contributed by atoms with van der Waals surface area (Å²) in [5.41, 5.74) is 3.20. The van der Waals surface area contributed by atoms with E-state index in [0.717, 1.165) is 16.7 Å². The first-order chi connectivity index (χ1) is 21.6. The minimum absolute atomic E-state index is 0.00622. The highest BCUT2D eigenvalue weighted by atomic mass is 35.5. The van der Waals surface area contributed by atoms with Gasteiger partial charge in [0.25, 0.3) is 0 Å². The molecule has 0 radical (unpaired) electrons. The second-order valence-electron chi connectivity index (χ2n) is 11.3. The third kappa shape index (κ3) is 5.95. The van der Waals surface area contributed by atoms with Gasteiger partial charge in [0.2, 0.25) is 20.0 Å². The number of hydrogen-bond acceptors (Lipinski definition) is 5. The predicted octanol–water partition coefficient (Wildman–Crippen LogP) is 7.28. The Morgan fingerprint density at radius 3 is 1.91 bits per heavy atom. The number of rotatable bonds is 8. The maximum atomic E-state index is 14.7. The lowest BCUT2D eigenvalue weighted by Crippen LogP contribution is -2.54. The lowest BCUT2D eigenvalue weighted by atomic mass is 9.84. The standard InChI is InChI=1S/C35H35ClN2O5S2/c1-3-43-34-23-32(27-14-8-5-9-15-27)38(44(39,40)28-20-18-25(2)19-21-28)33-22-31(26-12-6-4-7-13-26)37(24-29(33)34)45(41,42)35-17-11-10-16-30(35)36/h4-21,31-33H,3,22-24H2,1-2H3/t31-,32-,33-/m0/s1. The zero-order valence-corrected chi connectivity index (χ0v) is 27.5. The van der Waals surface area contributed by atoms with Crippen LogP contribution in [0.2, 0.25) is 5.02 Å². The maximum absolute atomic E-state index is 14.7. The molecule has 45 heavy (non-hydrogen) atoms. The number of halogens is 1. The van der Waals surface area contributed by atoms with Crippen molar-refractivity contribution in [3.8, 4) is 0 Å². The van der Waals surface area contributed by atoms with Crippen molar-refractivity contribution in [2.45, 2.75) is 54.6 Å². The number of hydrogen-bond donors (Lipinski definition) is 0. The number of benzene rings is 4. The molecule has 0 aliphatic carbocycles. The molecule has 6 rings (SSSR count). The van der Waals surface area contributed by atoms with Gasteiger partial charge in [-0.2, -0.15) is 8.61 Å². The monoisotopic (exact) mass is 662 g/mol. The molecule has 0 N–H and O–H groups in total. The van der Waals surface area contributed by atoms with Crippen LogP contribution >= 0.6 is 11.6 Å². The summed E-state index contributed by atoms with van der Waals surface area (Å²) in [7, 11) is -8.16. The number of fused-ring (bicyclic) bond motifs is 1. The second-order valence-corrected chi connectivity index (χ2v) is 15.4. The van der Waals surface area contributed by atoms with E-state index in [-0.39, 0.29) is 34.2 Å². The summed E-state index contributed by atoms with van der Waals surface area (Å²) in [4.78, 5) is 0.197. The van der Waals surface area contributed by atoms with Crippen LogP contribution in [-0.4, -0.2) is 44.6 Å². The summed E-state index contributed by atoms with van der Waals surface area (Å²) in [6.07, 6.45) is 0.457. The van der Waals surface area contributed by atoms with E-state index < -0.39 is 38.2 Å². The molecule has 1 saturated heterocycles. The van der Waals surface area contributed by atoms with Gasteiger partial charge < -0.3 is 4.74 Å². The van der Waals surface area contributed by atoms with Crippen LogP contribution in [0.4, 0.5) is 0 Å². The van der Waals surface area contributed by atoms with Gasteiger partial charge in [0.15, 0.2) is 0 Å². The number of nitrogens with zero attached hydrogens (tertiary/aromatic N) is 2. The van der Waals surface area contributed by atoms with E-state index in [9.17, 15) is 16.8 Å². The van der Waals surface area contributed by atoms with E-state index in [0.29, 0.717) is 17.9 Å². The number of piperidine rings is 1. The Kier molecular flexibility index (Phi) is 8.91. The van der Waals surface area contributed by atoms with Gasteiger partial charge in [-0.25, -0.2) is 16.8 Å². The van der Waals surface area contributed by atoms with Gasteiger partial charge in [0.1, 0.15) is 4.90 Å². The Morgan fingerprint density at radius 1 is 0.733 bits per heavy atom. The molecule has 2 heterocycles. The van der Waals surface area contributed by atoms with E-state index in [4.69, 9.17) is 16.3 Å². The molecule has 7 nitrogen and oxygen atoms in total. The summed E-state index contributed by atoms with van der Waals surface area (Å²) < 4.78 is 67.5. The number of aryl methyl sites for hydroxylation is 1. The molecule has 4 aromatic rings. The highest BCUT2D eigenvalue weighted by Crippen LogP contribution is 2.49. The van der Waals surface area contributed by atoms with Crippen molar-refractivity contribution in [2.75, 3.05) is 13.2 Å². The molecule has 0 unspecified atom stereocenters. The Morgan fingerprint density at radius 2 is 1.31 bits per heavy atom. The van der Waals surface area contributed by atoms with E-state index in [1.807, 2.05) is 74.5 Å². The van der Waals surface area contributed by atoms with Crippen LogP contribution in [0.15, 0.2) is 130 Å². The highest BCUT2D eigenvalue weighted by Gasteiger charge is 2.51. The molecule has 0 aromatic heterocycles. The summed E-state index contributed by atoms with van der Waals surface area (Å²) in [5.74, 6) is 0.623. The van der Waals surface area contributed by atoms with Crippen LogP contribution in [0.5, 0.6) is 0 Å². The lowest BCUT2D eigenvalue weighted by Gasteiger charge is -2.49. The van der Waals surface area contributed by atoms with Gasteiger partial charge in [-0.15, -0.1) is 0 Å². The minimum Gasteiger partial charge on any atom is -0.498 e. The quantitative estimate of drug-likeness (QED) is 0.198. The van der Waals surface area contributed by atoms with E-state index in [1.54, 1.807) is 46.8 Å². The lowest BCUT2D eigenvalue weighted by molar-refractivity contribution is 0.118. The van der Waals surface area contributed by atoms with Crippen LogP contribution in [0.3, 0.4) is 0 Å². The molecule has 1 fully saturated rings. The second kappa shape index (κ2) is 12.7. The molecule has 0 spiro atoms. The predicted molar refractivity (Wildman–Crippen MR) is 176 cm³/mol. The van der Waals surface area contributed by atoms with Crippen LogP contribution in [0.1, 0.15) is 48.5 Å². The van der Waals surface area contributed by atoms with Gasteiger partial charge in [-0.3, -0.25) is 0 Å². The van der Waals surface area contributed by atoms with Crippen molar-refractivity contribution < 1.29 is 21.6 Å². The molecule has 0 amide bonds. The molecule has 0 bridgehead atoms. The molecule has 10 heteroatoms. The van der Waals surface area contributed by atoms with Crippen LogP contribution in [0, 0.1) is 6.92 Å². The zero-order chi connectivity index (χ0) is 31.8. The largest absolute Gasteiger partial charge is 0.498 e. The summed E-state index contributed by atoms with van der Waals surface area (Å²) in [6, 6.07) is 30.3. The molecule has 234 valence electrons. The third-order valence-corrected chi connectivity index (χ3v) is 12.9. The topological polar surface area (TPSA) is 84.0 Å². The Balaban J connectivity index is 1.57. The molecular weight excluding hydrogens is 628 g/mol. The van der Waals surface area contributed by atoms with Gasteiger partial charge >= 0.3 is 0 Å². The van der Waals surface area contributed by atoms with E-state index in [1.165, 1.54) is 10.4 Å². The Bertz CT molecular complexity index is 1920. The zero-order valence-electron chi connectivity index (χ0n) is 25.1. The molecular formula is C35H35ClN2O5S2. The van der Waals surface area contributed by atoms with Crippen LogP contribution in [0.25, 0.3) is 0 Å². The number of sulfonamides is 2. The van der Waals surface area contributed by atoms with Gasteiger partial charge in [0.05, 0.1) is 40.4 Å². The fraction of sp³-hybridized carbons (Fsp3) is 0.257. The van der Waals surface area contributed by atoms with Gasteiger partial charge in [-0.1, -0.05) is 102 Å². The van der Waals surface area contributed by atoms with Crippen LogP contribution < -0.4 is 0 Å². The number of ether oxygens (including phenoxy) is 1. The molecule has 0 saturated carbocycles. The van der Waals surface area contributed by atoms with Gasteiger partial charge in [-0.05, 0) is 55.7 Å². The van der Waals surface area contributed by atoms with Gasteiger partial charge in [0, 0.05) is 18.5 Å². The van der Waals surface area contributed by atoms with Crippen molar-refractivity contribution >= 4 is 31.6 Å². The first-order valence-electron chi connectivity index (χ1n) is 14.9. The first kappa shape index (κ1) is 31.5. The molecule has 3 atom stereocenters. The van der Waals surface area contributed by atoms with Crippen molar-refractivity contribution in [3.05, 3.63) is 142 Å². The smallest absolute Gasteiger partial charge is 0.245 e. The van der Waals surface area contributed by atoms with Crippen LogP contribution in [-0.2, 0) is 24.8 Å².